The number of rotatable bonds is 8. The molecule has 0 aliphatic rings. The average molecular weight is 371 g/mol. The number of nitrogens with zero attached hydrogens (tertiary/aromatic N) is 1. The average Bonchev–Trinajstić information content (AvgIpc) is 3.11. The molecule has 0 atom stereocenters. The van der Waals surface area contributed by atoms with Gasteiger partial charge in [0.25, 0.3) is 11.8 Å². The molecule has 0 radical (unpaired) electrons. The molecule has 1 heterocycles. The minimum atomic E-state index is -0.351. The first-order chi connectivity index (χ1) is 13.0. The van der Waals surface area contributed by atoms with Gasteiger partial charge in [-0.05, 0) is 44.5 Å². The summed E-state index contributed by atoms with van der Waals surface area (Å²) in [5.41, 5.74) is 1.91. The van der Waals surface area contributed by atoms with Crippen LogP contribution in [0.2, 0.25) is 0 Å². The highest BCUT2D eigenvalue weighted by Gasteiger charge is 2.13. The highest BCUT2D eigenvalue weighted by atomic mass is 16.3. The van der Waals surface area contributed by atoms with Gasteiger partial charge in [-0.1, -0.05) is 12.1 Å². The zero-order valence-corrected chi connectivity index (χ0v) is 15.9. The molecule has 2 N–H and O–H groups in total. The van der Waals surface area contributed by atoms with Gasteiger partial charge >= 0.3 is 0 Å². The third kappa shape index (κ3) is 5.44. The SMILES string of the molecule is CCN(CC)C(=O)c1ccc(CNC(=O)CNC(=O)c2ccoc2C)cc1. The Kier molecular flexibility index (Phi) is 7.16. The molecule has 1 aromatic carbocycles. The van der Waals surface area contributed by atoms with Crippen molar-refractivity contribution in [3.8, 4) is 0 Å². The Morgan fingerprint density at radius 2 is 1.67 bits per heavy atom. The molecule has 27 heavy (non-hydrogen) atoms. The Morgan fingerprint density at radius 3 is 2.22 bits per heavy atom. The van der Waals surface area contributed by atoms with Crippen LogP contribution in [-0.2, 0) is 11.3 Å². The van der Waals surface area contributed by atoms with E-state index in [0.717, 1.165) is 5.56 Å². The van der Waals surface area contributed by atoms with Crippen LogP contribution in [0.15, 0.2) is 41.0 Å². The van der Waals surface area contributed by atoms with E-state index < -0.39 is 0 Å². The van der Waals surface area contributed by atoms with Gasteiger partial charge in [0.05, 0.1) is 18.4 Å². The highest BCUT2D eigenvalue weighted by Crippen LogP contribution is 2.09. The molecule has 1 aromatic heterocycles. The van der Waals surface area contributed by atoms with Crippen molar-refractivity contribution in [1.82, 2.24) is 15.5 Å². The molecule has 0 bridgehead atoms. The standard InChI is InChI=1S/C20H25N3O4/c1-4-23(5-2)20(26)16-8-6-15(7-9-16)12-21-18(24)13-22-19(25)17-10-11-27-14(17)3/h6-11H,4-5,12-13H2,1-3H3,(H,21,24)(H,22,25). The monoisotopic (exact) mass is 371 g/mol. The van der Waals surface area contributed by atoms with Gasteiger partial charge in [0.2, 0.25) is 5.91 Å². The second kappa shape index (κ2) is 9.56. The fourth-order valence-corrected chi connectivity index (χ4v) is 2.60. The minimum absolute atomic E-state index is 0.00663. The Hall–Kier alpha value is -3.09. The van der Waals surface area contributed by atoms with Crippen LogP contribution in [0, 0.1) is 6.92 Å². The van der Waals surface area contributed by atoms with Crippen molar-refractivity contribution in [3.63, 3.8) is 0 Å². The third-order valence-corrected chi connectivity index (χ3v) is 4.25. The summed E-state index contributed by atoms with van der Waals surface area (Å²) in [6.07, 6.45) is 1.43. The first-order valence-electron chi connectivity index (χ1n) is 8.93. The van der Waals surface area contributed by atoms with Crippen molar-refractivity contribution in [3.05, 3.63) is 59.0 Å². The van der Waals surface area contributed by atoms with Crippen LogP contribution in [0.3, 0.4) is 0 Å². The molecular formula is C20H25N3O4. The zero-order valence-electron chi connectivity index (χ0n) is 15.9. The second-order valence-electron chi connectivity index (χ2n) is 6.02. The number of carbonyl (C=O) groups excluding carboxylic acids is 3. The summed E-state index contributed by atoms with van der Waals surface area (Å²) >= 11 is 0. The highest BCUT2D eigenvalue weighted by molar-refractivity contribution is 5.97. The van der Waals surface area contributed by atoms with E-state index in [9.17, 15) is 14.4 Å². The summed E-state index contributed by atoms with van der Waals surface area (Å²) in [7, 11) is 0. The second-order valence-corrected chi connectivity index (χ2v) is 6.02. The lowest BCUT2D eigenvalue weighted by molar-refractivity contribution is -0.120. The lowest BCUT2D eigenvalue weighted by Gasteiger charge is -2.18. The number of hydrogen-bond donors (Lipinski definition) is 2. The Labute approximate surface area is 158 Å². The first-order valence-corrected chi connectivity index (χ1v) is 8.93. The van der Waals surface area contributed by atoms with Crippen LogP contribution in [0.1, 0.15) is 45.9 Å². The molecule has 144 valence electrons. The number of aryl methyl sites for hydroxylation is 1. The minimum Gasteiger partial charge on any atom is -0.469 e. The smallest absolute Gasteiger partial charge is 0.255 e. The van der Waals surface area contributed by atoms with Gasteiger partial charge in [0, 0.05) is 25.2 Å². The maximum absolute atomic E-state index is 12.3. The fraction of sp³-hybridized carbons (Fsp3) is 0.350. The molecule has 7 nitrogen and oxygen atoms in total. The molecule has 0 saturated heterocycles. The predicted octanol–water partition coefficient (Wildman–Crippen LogP) is 2.12. The number of furan rings is 1. The summed E-state index contributed by atoms with van der Waals surface area (Å²) in [4.78, 5) is 37.8. The van der Waals surface area contributed by atoms with Crippen LogP contribution in [0.5, 0.6) is 0 Å². The van der Waals surface area contributed by atoms with Gasteiger partial charge in [-0.3, -0.25) is 14.4 Å². The maximum Gasteiger partial charge on any atom is 0.255 e. The molecule has 2 aromatic rings. The molecule has 0 aliphatic heterocycles. The summed E-state index contributed by atoms with van der Waals surface area (Å²) < 4.78 is 5.06. The van der Waals surface area contributed by atoms with E-state index in [4.69, 9.17) is 4.42 Å². The van der Waals surface area contributed by atoms with E-state index in [1.54, 1.807) is 30.0 Å². The van der Waals surface area contributed by atoms with Crippen LogP contribution in [0.4, 0.5) is 0 Å². The van der Waals surface area contributed by atoms with Crippen LogP contribution in [0.25, 0.3) is 0 Å². The number of carbonyl (C=O) groups is 3. The van der Waals surface area contributed by atoms with Crippen molar-refractivity contribution in [2.24, 2.45) is 0 Å². The maximum atomic E-state index is 12.3. The molecule has 0 fully saturated rings. The molecule has 0 unspecified atom stereocenters. The van der Waals surface area contributed by atoms with Crippen LogP contribution in [-0.4, -0.2) is 42.3 Å². The first kappa shape index (κ1) is 20.2. The van der Waals surface area contributed by atoms with E-state index in [1.807, 2.05) is 26.0 Å². The Morgan fingerprint density at radius 1 is 1.00 bits per heavy atom. The molecule has 2 rings (SSSR count). The molecule has 7 heteroatoms. The molecule has 3 amide bonds. The van der Waals surface area contributed by atoms with E-state index in [0.29, 0.717) is 36.5 Å². The van der Waals surface area contributed by atoms with Crippen LogP contribution >= 0.6 is 0 Å². The van der Waals surface area contributed by atoms with E-state index in [1.165, 1.54) is 6.26 Å². The van der Waals surface area contributed by atoms with Crippen molar-refractivity contribution in [2.45, 2.75) is 27.3 Å². The number of amides is 3. The summed E-state index contributed by atoms with van der Waals surface area (Å²) in [5, 5.41) is 5.29. The Balaban J connectivity index is 1.80. The molecule has 0 saturated carbocycles. The summed E-state index contributed by atoms with van der Waals surface area (Å²) in [6, 6.07) is 8.69. The fourth-order valence-electron chi connectivity index (χ4n) is 2.60. The van der Waals surface area contributed by atoms with Gasteiger partial charge < -0.3 is 20.0 Å². The number of nitrogens with one attached hydrogen (secondary N) is 2. The van der Waals surface area contributed by atoms with E-state index >= 15 is 0 Å². The zero-order chi connectivity index (χ0) is 19.8. The molecule has 0 spiro atoms. The van der Waals surface area contributed by atoms with Crippen molar-refractivity contribution in [2.75, 3.05) is 19.6 Å². The Bertz CT molecular complexity index is 792. The quantitative estimate of drug-likeness (QED) is 0.743. The lowest BCUT2D eigenvalue weighted by Crippen LogP contribution is -2.36. The molecular weight excluding hydrogens is 346 g/mol. The third-order valence-electron chi connectivity index (χ3n) is 4.25. The van der Waals surface area contributed by atoms with Gasteiger partial charge in [0.15, 0.2) is 0 Å². The number of benzene rings is 1. The normalized spacial score (nSPS) is 10.3. The van der Waals surface area contributed by atoms with E-state index in [-0.39, 0.29) is 24.3 Å². The van der Waals surface area contributed by atoms with Crippen molar-refractivity contribution in [1.29, 1.82) is 0 Å². The summed E-state index contributed by atoms with van der Waals surface area (Å²) in [6.45, 7) is 7.09. The van der Waals surface area contributed by atoms with Gasteiger partial charge in [-0.25, -0.2) is 0 Å². The van der Waals surface area contributed by atoms with Gasteiger partial charge in [-0.15, -0.1) is 0 Å². The topological polar surface area (TPSA) is 91.7 Å². The van der Waals surface area contributed by atoms with Crippen molar-refractivity contribution >= 4 is 17.7 Å². The molecule has 0 aliphatic carbocycles. The summed E-state index contributed by atoms with van der Waals surface area (Å²) in [5.74, 6) is -0.149. The van der Waals surface area contributed by atoms with Gasteiger partial charge in [0.1, 0.15) is 5.76 Å². The van der Waals surface area contributed by atoms with E-state index in [2.05, 4.69) is 10.6 Å². The number of hydrogen-bond acceptors (Lipinski definition) is 4. The van der Waals surface area contributed by atoms with Gasteiger partial charge in [-0.2, -0.15) is 0 Å². The van der Waals surface area contributed by atoms with Crippen LogP contribution < -0.4 is 10.6 Å². The van der Waals surface area contributed by atoms with Crippen molar-refractivity contribution < 1.29 is 18.8 Å². The largest absolute Gasteiger partial charge is 0.469 e. The predicted molar refractivity (Wildman–Crippen MR) is 101 cm³/mol. The lowest BCUT2D eigenvalue weighted by atomic mass is 10.1.